The van der Waals surface area contributed by atoms with E-state index in [9.17, 15) is 9.59 Å². The van der Waals surface area contributed by atoms with Crippen LogP contribution in [0.2, 0.25) is 0 Å². The summed E-state index contributed by atoms with van der Waals surface area (Å²) < 4.78 is 5.46. The second-order valence-corrected chi connectivity index (χ2v) is 7.03. The van der Waals surface area contributed by atoms with E-state index in [1.54, 1.807) is 31.4 Å². The molecule has 0 aliphatic carbocycles. The molecule has 1 fully saturated rings. The van der Waals surface area contributed by atoms with Gasteiger partial charge in [0, 0.05) is 26.2 Å². The van der Waals surface area contributed by atoms with Gasteiger partial charge in [-0.2, -0.15) is 0 Å². The van der Waals surface area contributed by atoms with Crippen LogP contribution >= 0.6 is 24.8 Å². The number of hydrogen-bond donors (Lipinski definition) is 0. The first-order valence-electron chi connectivity index (χ1n) is 9.70. The number of ether oxygens (including phenoxy) is 1. The summed E-state index contributed by atoms with van der Waals surface area (Å²) in [5.74, 6) is 6.48. The highest BCUT2D eigenvalue weighted by atomic mass is 35.5. The zero-order valence-corrected chi connectivity index (χ0v) is 18.9. The first-order chi connectivity index (χ1) is 14.2. The molecule has 0 spiro atoms. The molecule has 2 aromatic rings. The van der Waals surface area contributed by atoms with Crippen molar-refractivity contribution in [3.63, 3.8) is 0 Å². The molecule has 0 saturated carbocycles. The molecule has 0 bridgehead atoms. The van der Waals surface area contributed by atoms with Gasteiger partial charge in [0.15, 0.2) is 0 Å². The van der Waals surface area contributed by atoms with E-state index in [0.717, 1.165) is 37.6 Å². The Labute approximate surface area is 195 Å². The van der Waals surface area contributed by atoms with E-state index in [2.05, 4.69) is 27.7 Å². The van der Waals surface area contributed by atoms with Gasteiger partial charge in [-0.05, 0) is 24.3 Å². The summed E-state index contributed by atoms with van der Waals surface area (Å²) in [5, 5.41) is 0. The van der Waals surface area contributed by atoms with Gasteiger partial charge in [-0.15, -0.1) is 24.8 Å². The number of anilines is 1. The minimum Gasteiger partial charge on any atom is -0.495 e. The number of imide groups is 1. The Kier molecular flexibility index (Phi) is 8.76. The Morgan fingerprint density at radius 1 is 0.806 bits per heavy atom. The van der Waals surface area contributed by atoms with Crippen LogP contribution in [0.25, 0.3) is 0 Å². The number of para-hydroxylation sites is 2. The predicted molar refractivity (Wildman–Crippen MR) is 126 cm³/mol. The number of hydrogen-bond acceptors (Lipinski definition) is 5. The van der Waals surface area contributed by atoms with Crippen LogP contribution in [0.3, 0.4) is 0 Å². The lowest BCUT2D eigenvalue weighted by Crippen LogP contribution is -2.46. The highest BCUT2D eigenvalue weighted by Crippen LogP contribution is 2.28. The van der Waals surface area contributed by atoms with E-state index in [1.165, 1.54) is 4.90 Å². The Hall–Kier alpha value is -2.72. The van der Waals surface area contributed by atoms with Crippen molar-refractivity contribution in [1.29, 1.82) is 0 Å². The average Bonchev–Trinajstić information content (AvgIpc) is 3.02. The SMILES string of the molecule is COc1ccccc1N1CCN(CC#CCN2C(=O)c3ccccc3C2=O)CC1.Cl.Cl. The molecule has 0 unspecified atom stereocenters. The highest BCUT2D eigenvalue weighted by Gasteiger charge is 2.34. The molecule has 2 aliphatic heterocycles. The number of fused-ring (bicyclic) bond motifs is 1. The Morgan fingerprint density at radius 3 is 1.97 bits per heavy atom. The van der Waals surface area contributed by atoms with E-state index >= 15 is 0 Å². The maximum absolute atomic E-state index is 12.3. The predicted octanol–water partition coefficient (Wildman–Crippen LogP) is 2.96. The second kappa shape index (κ2) is 11.1. The van der Waals surface area contributed by atoms with Gasteiger partial charge >= 0.3 is 0 Å². The summed E-state index contributed by atoms with van der Waals surface area (Å²) in [7, 11) is 1.69. The molecule has 0 radical (unpaired) electrons. The minimum absolute atomic E-state index is 0. The van der Waals surface area contributed by atoms with Crippen molar-refractivity contribution < 1.29 is 14.3 Å². The van der Waals surface area contributed by atoms with E-state index in [4.69, 9.17) is 4.74 Å². The van der Waals surface area contributed by atoms with Crippen LogP contribution in [0.1, 0.15) is 20.7 Å². The number of nitrogens with zero attached hydrogens (tertiary/aromatic N) is 3. The third-order valence-corrected chi connectivity index (χ3v) is 5.34. The number of amides is 2. The van der Waals surface area contributed by atoms with E-state index in [0.29, 0.717) is 17.7 Å². The molecular formula is C23H25Cl2N3O3. The molecule has 2 amide bonds. The van der Waals surface area contributed by atoms with Crippen LogP contribution in [0.4, 0.5) is 5.69 Å². The van der Waals surface area contributed by atoms with Crippen molar-refractivity contribution in [2.75, 3.05) is 51.3 Å². The smallest absolute Gasteiger partial charge is 0.262 e. The maximum Gasteiger partial charge on any atom is 0.262 e. The third-order valence-electron chi connectivity index (χ3n) is 5.34. The molecule has 31 heavy (non-hydrogen) atoms. The molecule has 0 N–H and O–H groups in total. The van der Waals surface area contributed by atoms with Crippen molar-refractivity contribution in [3.05, 3.63) is 59.7 Å². The van der Waals surface area contributed by atoms with E-state index in [1.807, 2.05) is 18.2 Å². The lowest BCUT2D eigenvalue weighted by atomic mass is 10.1. The van der Waals surface area contributed by atoms with Crippen LogP contribution in [-0.4, -0.2) is 68.0 Å². The molecule has 2 aliphatic rings. The fraction of sp³-hybridized carbons (Fsp3) is 0.304. The number of rotatable bonds is 4. The van der Waals surface area contributed by atoms with Crippen LogP contribution in [0.5, 0.6) is 5.75 Å². The van der Waals surface area contributed by atoms with Gasteiger partial charge in [0.05, 0.1) is 37.0 Å². The molecule has 0 atom stereocenters. The van der Waals surface area contributed by atoms with Crippen molar-refractivity contribution >= 4 is 42.3 Å². The molecule has 8 heteroatoms. The molecule has 1 saturated heterocycles. The summed E-state index contributed by atoms with van der Waals surface area (Å²) in [6, 6.07) is 15.0. The van der Waals surface area contributed by atoms with Crippen molar-refractivity contribution in [3.8, 4) is 17.6 Å². The van der Waals surface area contributed by atoms with Crippen LogP contribution in [-0.2, 0) is 0 Å². The van der Waals surface area contributed by atoms with Gasteiger partial charge in [0.25, 0.3) is 11.8 Å². The first-order valence-corrected chi connectivity index (χ1v) is 9.70. The Bertz CT molecular complexity index is 960. The zero-order chi connectivity index (χ0) is 20.2. The van der Waals surface area contributed by atoms with Gasteiger partial charge in [-0.3, -0.25) is 19.4 Å². The normalized spacial score (nSPS) is 15.4. The van der Waals surface area contributed by atoms with Gasteiger partial charge in [-0.25, -0.2) is 0 Å². The number of benzene rings is 2. The minimum atomic E-state index is -0.259. The van der Waals surface area contributed by atoms with Gasteiger partial charge in [0.2, 0.25) is 0 Å². The molecule has 2 aromatic carbocycles. The molecule has 164 valence electrons. The van der Waals surface area contributed by atoms with Crippen LogP contribution in [0.15, 0.2) is 48.5 Å². The fourth-order valence-corrected chi connectivity index (χ4v) is 3.72. The summed E-state index contributed by atoms with van der Waals surface area (Å²) in [6.45, 7) is 4.37. The summed E-state index contributed by atoms with van der Waals surface area (Å²) >= 11 is 0. The number of piperazine rings is 1. The first kappa shape index (κ1) is 24.5. The molecular weight excluding hydrogens is 437 g/mol. The van der Waals surface area contributed by atoms with Crippen molar-refractivity contribution in [1.82, 2.24) is 9.80 Å². The molecule has 4 rings (SSSR count). The van der Waals surface area contributed by atoms with Crippen molar-refractivity contribution in [2.45, 2.75) is 0 Å². The monoisotopic (exact) mass is 461 g/mol. The lowest BCUT2D eigenvalue weighted by Gasteiger charge is -2.35. The van der Waals surface area contributed by atoms with Gasteiger partial charge in [0.1, 0.15) is 5.75 Å². The quantitative estimate of drug-likeness (QED) is 0.517. The number of methoxy groups -OCH3 is 1. The topological polar surface area (TPSA) is 53.1 Å². The molecule has 0 aromatic heterocycles. The molecule has 2 heterocycles. The van der Waals surface area contributed by atoms with Crippen LogP contribution < -0.4 is 9.64 Å². The van der Waals surface area contributed by atoms with E-state index in [-0.39, 0.29) is 43.2 Å². The van der Waals surface area contributed by atoms with Gasteiger partial charge in [-0.1, -0.05) is 36.1 Å². The number of halogens is 2. The number of carbonyl (C=O) groups is 2. The zero-order valence-electron chi connectivity index (χ0n) is 17.2. The second-order valence-electron chi connectivity index (χ2n) is 7.03. The van der Waals surface area contributed by atoms with Crippen molar-refractivity contribution in [2.24, 2.45) is 0 Å². The fourth-order valence-electron chi connectivity index (χ4n) is 3.72. The standard InChI is InChI=1S/C23H23N3O3.2ClH/c1-29-21-11-5-4-10-20(21)25-16-14-24(15-17-25)12-6-7-13-26-22(27)18-8-2-3-9-19(18)23(26)28;;/h2-5,8-11H,12-17H2,1H3;2*1H. The Balaban J connectivity index is 0.00000171. The summed E-state index contributed by atoms with van der Waals surface area (Å²) in [5.41, 5.74) is 2.05. The number of carbonyl (C=O) groups excluding carboxylic acids is 2. The largest absolute Gasteiger partial charge is 0.495 e. The van der Waals surface area contributed by atoms with E-state index < -0.39 is 0 Å². The third kappa shape index (κ3) is 5.13. The summed E-state index contributed by atoms with van der Waals surface area (Å²) in [4.78, 5) is 30.5. The van der Waals surface area contributed by atoms with Crippen LogP contribution in [0, 0.1) is 11.8 Å². The average molecular weight is 462 g/mol. The van der Waals surface area contributed by atoms with Gasteiger partial charge < -0.3 is 9.64 Å². The Morgan fingerprint density at radius 2 is 1.35 bits per heavy atom. The summed E-state index contributed by atoms with van der Waals surface area (Å²) in [6.07, 6.45) is 0. The molecule has 6 nitrogen and oxygen atoms in total. The highest BCUT2D eigenvalue weighted by molar-refractivity contribution is 6.21. The lowest BCUT2D eigenvalue weighted by molar-refractivity contribution is 0.0675. The maximum atomic E-state index is 12.3.